The van der Waals surface area contributed by atoms with Crippen LogP contribution in [0.1, 0.15) is 27.2 Å². The molecule has 1 amide bonds. The van der Waals surface area contributed by atoms with Crippen molar-refractivity contribution < 1.29 is 9.53 Å². The molecule has 100 valence electrons. The van der Waals surface area contributed by atoms with E-state index in [9.17, 15) is 4.79 Å². The summed E-state index contributed by atoms with van der Waals surface area (Å²) in [4.78, 5) is 13.8. The Morgan fingerprint density at radius 3 is 2.44 bits per heavy atom. The summed E-state index contributed by atoms with van der Waals surface area (Å²) in [6, 6.07) is 9.69. The van der Waals surface area contributed by atoms with Crippen LogP contribution in [-0.2, 0) is 4.79 Å². The average Bonchev–Trinajstić information content (AvgIpc) is 2.38. The molecule has 0 heterocycles. The number of carbonyl (C=O) groups excluding carboxylic acids is 1. The fourth-order valence-electron chi connectivity index (χ4n) is 1.76. The first kappa shape index (κ1) is 14.6. The van der Waals surface area contributed by atoms with Gasteiger partial charge in [0.05, 0.1) is 6.54 Å². The van der Waals surface area contributed by atoms with Gasteiger partial charge in [0.2, 0.25) is 5.91 Å². The second-order valence-corrected chi connectivity index (χ2v) is 4.64. The SMILES string of the molecule is CCCN(CCOc1ccccc1)C(=O)C(C)C. The van der Waals surface area contributed by atoms with Crippen LogP contribution in [0.15, 0.2) is 30.3 Å². The van der Waals surface area contributed by atoms with Gasteiger partial charge in [-0.1, -0.05) is 39.0 Å². The van der Waals surface area contributed by atoms with Crippen LogP contribution < -0.4 is 4.74 Å². The molecule has 0 aromatic heterocycles. The topological polar surface area (TPSA) is 29.5 Å². The van der Waals surface area contributed by atoms with Crippen molar-refractivity contribution in [2.75, 3.05) is 19.7 Å². The highest BCUT2D eigenvalue weighted by molar-refractivity contribution is 5.78. The van der Waals surface area contributed by atoms with Gasteiger partial charge in [-0.25, -0.2) is 0 Å². The molecule has 0 saturated carbocycles. The standard InChI is InChI=1S/C15H23NO2/c1-4-10-16(15(17)13(2)3)11-12-18-14-8-6-5-7-9-14/h5-9,13H,4,10-12H2,1-3H3. The molecule has 3 nitrogen and oxygen atoms in total. The van der Waals surface area contributed by atoms with E-state index < -0.39 is 0 Å². The molecule has 0 unspecified atom stereocenters. The van der Waals surface area contributed by atoms with Crippen molar-refractivity contribution in [3.8, 4) is 5.75 Å². The van der Waals surface area contributed by atoms with Crippen molar-refractivity contribution in [3.63, 3.8) is 0 Å². The normalized spacial score (nSPS) is 10.4. The molecule has 18 heavy (non-hydrogen) atoms. The van der Waals surface area contributed by atoms with Gasteiger partial charge in [0.15, 0.2) is 0 Å². The lowest BCUT2D eigenvalue weighted by molar-refractivity contribution is -0.134. The van der Waals surface area contributed by atoms with E-state index in [2.05, 4.69) is 6.92 Å². The van der Waals surface area contributed by atoms with Gasteiger partial charge in [0.25, 0.3) is 0 Å². The van der Waals surface area contributed by atoms with Crippen LogP contribution in [0, 0.1) is 5.92 Å². The molecule has 0 fully saturated rings. The lowest BCUT2D eigenvalue weighted by atomic mass is 10.2. The van der Waals surface area contributed by atoms with Gasteiger partial charge >= 0.3 is 0 Å². The zero-order valence-electron chi connectivity index (χ0n) is 11.6. The van der Waals surface area contributed by atoms with Crippen LogP contribution in [0.2, 0.25) is 0 Å². The highest BCUT2D eigenvalue weighted by atomic mass is 16.5. The van der Waals surface area contributed by atoms with E-state index in [1.54, 1.807) is 0 Å². The summed E-state index contributed by atoms with van der Waals surface area (Å²) in [7, 11) is 0. The number of benzene rings is 1. The summed E-state index contributed by atoms with van der Waals surface area (Å²) in [5, 5.41) is 0. The summed E-state index contributed by atoms with van der Waals surface area (Å²) in [5.41, 5.74) is 0. The van der Waals surface area contributed by atoms with Crippen LogP contribution in [0.5, 0.6) is 5.75 Å². The molecule has 1 aromatic carbocycles. The van der Waals surface area contributed by atoms with Crippen molar-refractivity contribution in [3.05, 3.63) is 30.3 Å². The van der Waals surface area contributed by atoms with E-state index in [4.69, 9.17) is 4.74 Å². The Labute approximate surface area is 110 Å². The Morgan fingerprint density at radius 2 is 1.89 bits per heavy atom. The van der Waals surface area contributed by atoms with Crippen molar-refractivity contribution >= 4 is 5.91 Å². The fraction of sp³-hybridized carbons (Fsp3) is 0.533. The van der Waals surface area contributed by atoms with Crippen LogP contribution in [0.4, 0.5) is 0 Å². The molecule has 0 aliphatic carbocycles. The van der Waals surface area contributed by atoms with E-state index >= 15 is 0 Å². The number of amides is 1. The maximum Gasteiger partial charge on any atom is 0.225 e. The van der Waals surface area contributed by atoms with E-state index in [1.807, 2.05) is 49.1 Å². The lowest BCUT2D eigenvalue weighted by Gasteiger charge is -2.24. The molecule has 0 atom stereocenters. The fourth-order valence-corrected chi connectivity index (χ4v) is 1.76. The number of hydrogen-bond donors (Lipinski definition) is 0. The monoisotopic (exact) mass is 249 g/mol. The van der Waals surface area contributed by atoms with Crippen molar-refractivity contribution in [1.29, 1.82) is 0 Å². The highest BCUT2D eigenvalue weighted by Gasteiger charge is 2.15. The van der Waals surface area contributed by atoms with Gasteiger partial charge in [-0.15, -0.1) is 0 Å². The molecule has 0 aliphatic rings. The molecular weight excluding hydrogens is 226 g/mol. The second kappa shape index (κ2) is 7.75. The highest BCUT2D eigenvalue weighted by Crippen LogP contribution is 2.09. The number of hydrogen-bond acceptors (Lipinski definition) is 2. The Hall–Kier alpha value is -1.51. The smallest absolute Gasteiger partial charge is 0.225 e. The van der Waals surface area contributed by atoms with Crippen molar-refractivity contribution in [1.82, 2.24) is 4.90 Å². The summed E-state index contributed by atoms with van der Waals surface area (Å²) >= 11 is 0. The van der Waals surface area contributed by atoms with Gasteiger partial charge in [-0.05, 0) is 18.6 Å². The third-order valence-electron chi connectivity index (χ3n) is 2.67. The minimum Gasteiger partial charge on any atom is -0.492 e. The minimum absolute atomic E-state index is 0.0493. The van der Waals surface area contributed by atoms with Gasteiger partial charge < -0.3 is 9.64 Å². The van der Waals surface area contributed by atoms with E-state index in [-0.39, 0.29) is 11.8 Å². The van der Waals surface area contributed by atoms with E-state index in [1.165, 1.54) is 0 Å². The average molecular weight is 249 g/mol. The lowest BCUT2D eigenvalue weighted by Crippen LogP contribution is -2.37. The van der Waals surface area contributed by atoms with Gasteiger partial charge in [0.1, 0.15) is 12.4 Å². The molecule has 0 N–H and O–H groups in total. The van der Waals surface area contributed by atoms with E-state index in [0.717, 1.165) is 18.7 Å². The molecule has 0 aliphatic heterocycles. The summed E-state index contributed by atoms with van der Waals surface area (Å²) in [5.74, 6) is 1.10. The van der Waals surface area contributed by atoms with E-state index in [0.29, 0.717) is 13.2 Å². The summed E-state index contributed by atoms with van der Waals surface area (Å²) < 4.78 is 5.62. The van der Waals surface area contributed by atoms with Crippen LogP contribution in [0.3, 0.4) is 0 Å². The molecule has 1 rings (SSSR count). The minimum atomic E-state index is 0.0493. The number of rotatable bonds is 7. The largest absolute Gasteiger partial charge is 0.492 e. The van der Waals surface area contributed by atoms with Crippen molar-refractivity contribution in [2.45, 2.75) is 27.2 Å². The molecule has 1 aromatic rings. The maximum atomic E-state index is 11.9. The predicted octanol–water partition coefficient (Wildman–Crippen LogP) is 2.96. The molecule has 0 radical (unpaired) electrons. The van der Waals surface area contributed by atoms with Crippen LogP contribution in [-0.4, -0.2) is 30.5 Å². The molecule has 3 heteroatoms. The first-order valence-electron chi connectivity index (χ1n) is 6.61. The van der Waals surface area contributed by atoms with Crippen LogP contribution >= 0.6 is 0 Å². The number of ether oxygens (including phenoxy) is 1. The van der Waals surface area contributed by atoms with Crippen molar-refractivity contribution in [2.24, 2.45) is 5.92 Å². The predicted molar refractivity (Wildman–Crippen MR) is 73.6 cm³/mol. The Balaban J connectivity index is 2.40. The zero-order valence-corrected chi connectivity index (χ0v) is 11.6. The van der Waals surface area contributed by atoms with Crippen LogP contribution in [0.25, 0.3) is 0 Å². The first-order chi connectivity index (χ1) is 8.65. The Kier molecular flexibility index (Phi) is 6.26. The quantitative estimate of drug-likeness (QED) is 0.743. The number of nitrogens with zero attached hydrogens (tertiary/aromatic N) is 1. The van der Waals surface area contributed by atoms with Gasteiger partial charge in [-0.3, -0.25) is 4.79 Å². The first-order valence-corrected chi connectivity index (χ1v) is 6.61. The molecule has 0 spiro atoms. The summed E-state index contributed by atoms with van der Waals surface area (Å²) in [6.45, 7) is 7.95. The zero-order chi connectivity index (χ0) is 13.4. The van der Waals surface area contributed by atoms with Gasteiger partial charge in [0, 0.05) is 12.5 Å². The molecular formula is C15H23NO2. The third kappa shape index (κ3) is 4.78. The Morgan fingerprint density at radius 1 is 1.22 bits per heavy atom. The summed E-state index contributed by atoms with van der Waals surface area (Å²) in [6.07, 6.45) is 0.976. The molecule has 0 bridgehead atoms. The van der Waals surface area contributed by atoms with Gasteiger partial charge in [-0.2, -0.15) is 0 Å². The molecule has 0 saturated heterocycles. The second-order valence-electron chi connectivity index (χ2n) is 4.64. The third-order valence-corrected chi connectivity index (χ3v) is 2.67. The Bertz CT molecular complexity index is 349. The maximum absolute atomic E-state index is 11.9. The number of carbonyl (C=O) groups is 1. The number of para-hydroxylation sites is 1.